The standard InChI is InChI=1S/C18H27N3O2/c1-4-23-12-15-11-19-13(2)20-16(15)14-5-9-21(10-6-14)17(22)18(3)7-8-18/h11,14H,4-10,12H2,1-3H3. The largest absolute Gasteiger partial charge is 0.377 e. The van der Waals surface area contributed by atoms with Crippen LogP contribution in [0, 0.1) is 12.3 Å². The molecule has 0 atom stereocenters. The number of likely N-dealkylation sites (tertiary alicyclic amines) is 1. The van der Waals surface area contributed by atoms with Crippen molar-refractivity contribution in [1.29, 1.82) is 0 Å². The Morgan fingerprint density at radius 2 is 2.09 bits per heavy atom. The Balaban J connectivity index is 1.67. The van der Waals surface area contributed by atoms with Gasteiger partial charge in [0.2, 0.25) is 5.91 Å². The lowest BCUT2D eigenvalue weighted by Crippen LogP contribution is -2.41. The summed E-state index contributed by atoms with van der Waals surface area (Å²) in [6.07, 6.45) is 5.97. The monoisotopic (exact) mass is 317 g/mol. The lowest BCUT2D eigenvalue weighted by molar-refractivity contribution is -0.137. The summed E-state index contributed by atoms with van der Waals surface area (Å²) in [5, 5.41) is 0. The van der Waals surface area contributed by atoms with Crippen molar-refractivity contribution < 1.29 is 9.53 Å². The van der Waals surface area contributed by atoms with E-state index in [4.69, 9.17) is 4.74 Å². The summed E-state index contributed by atoms with van der Waals surface area (Å²) < 4.78 is 5.56. The number of aromatic nitrogens is 2. The molecule has 2 heterocycles. The molecule has 5 heteroatoms. The molecule has 126 valence electrons. The molecule has 1 saturated carbocycles. The predicted molar refractivity (Wildman–Crippen MR) is 88.0 cm³/mol. The van der Waals surface area contributed by atoms with Crippen molar-refractivity contribution in [3.05, 3.63) is 23.3 Å². The number of piperidine rings is 1. The summed E-state index contributed by atoms with van der Waals surface area (Å²) in [7, 11) is 0. The zero-order valence-electron chi connectivity index (χ0n) is 14.5. The number of carbonyl (C=O) groups excluding carboxylic acids is 1. The van der Waals surface area contributed by atoms with Crippen LogP contribution in [-0.2, 0) is 16.1 Å². The van der Waals surface area contributed by atoms with Crippen LogP contribution >= 0.6 is 0 Å². The van der Waals surface area contributed by atoms with E-state index in [1.54, 1.807) is 0 Å². The van der Waals surface area contributed by atoms with Gasteiger partial charge >= 0.3 is 0 Å². The minimum atomic E-state index is -0.0571. The quantitative estimate of drug-likeness (QED) is 0.838. The van der Waals surface area contributed by atoms with Gasteiger partial charge in [0.05, 0.1) is 12.3 Å². The summed E-state index contributed by atoms with van der Waals surface area (Å²) in [5.74, 6) is 1.57. The smallest absolute Gasteiger partial charge is 0.228 e. The molecule has 0 radical (unpaired) electrons. The predicted octanol–water partition coefficient (Wildman–Crippen LogP) is 2.83. The number of hydrogen-bond donors (Lipinski definition) is 0. The van der Waals surface area contributed by atoms with E-state index in [-0.39, 0.29) is 5.41 Å². The number of hydrogen-bond acceptors (Lipinski definition) is 4. The number of amides is 1. The first-order valence-electron chi connectivity index (χ1n) is 8.73. The summed E-state index contributed by atoms with van der Waals surface area (Å²) in [6, 6.07) is 0. The Kier molecular flexibility index (Phi) is 4.67. The van der Waals surface area contributed by atoms with E-state index in [1.165, 1.54) is 0 Å². The normalized spacial score (nSPS) is 20.6. The lowest BCUT2D eigenvalue weighted by atomic mass is 9.90. The van der Waals surface area contributed by atoms with E-state index in [2.05, 4.69) is 21.8 Å². The summed E-state index contributed by atoms with van der Waals surface area (Å²) in [6.45, 7) is 8.97. The highest BCUT2D eigenvalue weighted by molar-refractivity contribution is 5.85. The number of nitrogens with zero attached hydrogens (tertiary/aromatic N) is 3. The molecule has 1 amide bonds. The fourth-order valence-corrected chi connectivity index (χ4v) is 3.33. The van der Waals surface area contributed by atoms with E-state index in [0.717, 1.165) is 55.9 Å². The lowest BCUT2D eigenvalue weighted by Gasteiger charge is -2.34. The van der Waals surface area contributed by atoms with E-state index < -0.39 is 0 Å². The molecule has 0 spiro atoms. The van der Waals surface area contributed by atoms with Crippen LogP contribution in [0.25, 0.3) is 0 Å². The summed E-state index contributed by atoms with van der Waals surface area (Å²) in [4.78, 5) is 23.5. The van der Waals surface area contributed by atoms with E-state index >= 15 is 0 Å². The topological polar surface area (TPSA) is 55.3 Å². The minimum Gasteiger partial charge on any atom is -0.377 e. The second-order valence-corrected chi connectivity index (χ2v) is 7.09. The molecule has 2 fully saturated rings. The highest BCUT2D eigenvalue weighted by Gasteiger charge is 2.47. The van der Waals surface area contributed by atoms with Crippen LogP contribution in [0.15, 0.2) is 6.20 Å². The van der Waals surface area contributed by atoms with Crippen LogP contribution < -0.4 is 0 Å². The summed E-state index contributed by atoms with van der Waals surface area (Å²) in [5.41, 5.74) is 2.16. The van der Waals surface area contributed by atoms with Gasteiger partial charge in [-0.25, -0.2) is 9.97 Å². The second-order valence-electron chi connectivity index (χ2n) is 7.09. The van der Waals surface area contributed by atoms with Gasteiger partial charge in [-0.15, -0.1) is 0 Å². The van der Waals surface area contributed by atoms with Crippen molar-refractivity contribution >= 4 is 5.91 Å². The van der Waals surface area contributed by atoms with Gasteiger partial charge < -0.3 is 9.64 Å². The Hall–Kier alpha value is -1.49. The Labute approximate surface area is 138 Å². The first kappa shape index (κ1) is 16.4. The molecule has 0 unspecified atom stereocenters. The summed E-state index contributed by atoms with van der Waals surface area (Å²) >= 11 is 0. The molecular formula is C18H27N3O2. The Morgan fingerprint density at radius 3 is 2.70 bits per heavy atom. The van der Waals surface area contributed by atoms with E-state index in [0.29, 0.717) is 25.0 Å². The molecule has 1 saturated heterocycles. The van der Waals surface area contributed by atoms with Crippen LogP contribution in [0.1, 0.15) is 62.5 Å². The van der Waals surface area contributed by atoms with E-state index in [1.807, 2.05) is 20.0 Å². The first-order valence-corrected chi connectivity index (χ1v) is 8.73. The molecular weight excluding hydrogens is 290 g/mol. The van der Waals surface area contributed by atoms with Crippen molar-refractivity contribution in [3.8, 4) is 0 Å². The number of aryl methyl sites for hydroxylation is 1. The molecule has 2 aliphatic rings. The molecule has 3 rings (SSSR count). The highest BCUT2D eigenvalue weighted by Crippen LogP contribution is 2.47. The van der Waals surface area contributed by atoms with E-state index in [9.17, 15) is 4.79 Å². The molecule has 0 aromatic carbocycles. The van der Waals surface area contributed by atoms with Crippen LogP contribution in [0.2, 0.25) is 0 Å². The average molecular weight is 317 g/mol. The molecule has 1 aliphatic heterocycles. The first-order chi connectivity index (χ1) is 11.0. The fraction of sp³-hybridized carbons (Fsp3) is 0.722. The minimum absolute atomic E-state index is 0.0571. The molecule has 23 heavy (non-hydrogen) atoms. The van der Waals surface area contributed by atoms with Gasteiger partial charge in [-0.3, -0.25) is 4.79 Å². The van der Waals surface area contributed by atoms with Gasteiger partial charge in [-0.2, -0.15) is 0 Å². The molecule has 0 N–H and O–H groups in total. The number of rotatable bonds is 5. The maximum absolute atomic E-state index is 12.5. The third-order valence-electron chi connectivity index (χ3n) is 5.17. The fourth-order valence-electron chi connectivity index (χ4n) is 3.33. The van der Waals surface area contributed by atoms with Gasteiger partial charge in [0.15, 0.2) is 0 Å². The van der Waals surface area contributed by atoms with Crippen molar-refractivity contribution in [2.45, 2.75) is 59.0 Å². The zero-order valence-corrected chi connectivity index (χ0v) is 14.5. The maximum Gasteiger partial charge on any atom is 0.228 e. The Bertz CT molecular complexity index is 576. The van der Waals surface area contributed by atoms with Crippen LogP contribution in [0.4, 0.5) is 0 Å². The highest BCUT2D eigenvalue weighted by atomic mass is 16.5. The van der Waals surface area contributed by atoms with Crippen molar-refractivity contribution in [2.24, 2.45) is 5.41 Å². The van der Waals surface area contributed by atoms with Crippen molar-refractivity contribution in [3.63, 3.8) is 0 Å². The third-order valence-corrected chi connectivity index (χ3v) is 5.17. The Morgan fingerprint density at radius 1 is 1.39 bits per heavy atom. The number of ether oxygens (including phenoxy) is 1. The van der Waals surface area contributed by atoms with Gasteiger partial charge in [0, 0.05) is 42.8 Å². The van der Waals surface area contributed by atoms with Crippen LogP contribution in [0.5, 0.6) is 0 Å². The van der Waals surface area contributed by atoms with Crippen LogP contribution in [0.3, 0.4) is 0 Å². The molecule has 0 bridgehead atoms. The van der Waals surface area contributed by atoms with Crippen molar-refractivity contribution in [2.75, 3.05) is 19.7 Å². The van der Waals surface area contributed by atoms with Gasteiger partial charge in [0.1, 0.15) is 5.82 Å². The third kappa shape index (κ3) is 3.55. The SMILES string of the molecule is CCOCc1cnc(C)nc1C1CCN(C(=O)C2(C)CC2)CC1. The zero-order chi connectivity index (χ0) is 16.4. The van der Waals surface area contributed by atoms with Gasteiger partial charge in [-0.1, -0.05) is 6.92 Å². The van der Waals surface area contributed by atoms with Crippen LogP contribution in [-0.4, -0.2) is 40.5 Å². The maximum atomic E-state index is 12.5. The van der Waals surface area contributed by atoms with Gasteiger partial charge in [-0.05, 0) is 39.5 Å². The molecule has 5 nitrogen and oxygen atoms in total. The average Bonchev–Trinajstić information content (AvgIpc) is 3.32. The second kappa shape index (κ2) is 6.56. The molecule has 1 aromatic rings. The number of carbonyl (C=O) groups is 1. The molecule has 1 aliphatic carbocycles. The van der Waals surface area contributed by atoms with Gasteiger partial charge in [0.25, 0.3) is 0 Å². The van der Waals surface area contributed by atoms with Crippen molar-refractivity contribution in [1.82, 2.24) is 14.9 Å². The molecule has 1 aromatic heterocycles.